The fourth-order valence-corrected chi connectivity index (χ4v) is 1.79. The van der Waals surface area contributed by atoms with Crippen LogP contribution in [0.25, 0.3) is 0 Å². The summed E-state index contributed by atoms with van der Waals surface area (Å²) in [4.78, 5) is 33.8. The van der Waals surface area contributed by atoms with E-state index in [0.29, 0.717) is 19.3 Å². The first-order valence-corrected chi connectivity index (χ1v) is 7.15. The number of amides is 2. The Morgan fingerprint density at radius 2 is 1.70 bits per heavy atom. The van der Waals surface area contributed by atoms with Crippen molar-refractivity contribution < 1.29 is 19.5 Å². The van der Waals surface area contributed by atoms with Crippen molar-refractivity contribution in [2.24, 2.45) is 5.92 Å². The summed E-state index contributed by atoms with van der Waals surface area (Å²) in [6, 6.07) is 0.0988. The summed E-state index contributed by atoms with van der Waals surface area (Å²) in [6.07, 6.45) is 2.33. The lowest BCUT2D eigenvalue weighted by atomic mass is 10.0. The van der Waals surface area contributed by atoms with E-state index in [9.17, 15) is 14.4 Å². The maximum absolute atomic E-state index is 11.5. The molecule has 0 aromatic rings. The predicted molar refractivity (Wildman–Crippen MR) is 76.2 cm³/mol. The second-order valence-corrected chi connectivity index (χ2v) is 5.20. The number of rotatable bonds is 10. The number of carboxylic acids is 1. The molecular weight excluding hydrogens is 260 g/mol. The van der Waals surface area contributed by atoms with E-state index < -0.39 is 11.9 Å². The van der Waals surface area contributed by atoms with Gasteiger partial charge in [-0.05, 0) is 26.7 Å². The Balaban J connectivity index is 3.83. The van der Waals surface area contributed by atoms with Gasteiger partial charge in [0, 0.05) is 25.4 Å². The van der Waals surface area contributed by atoms with Crippen LogP contribution >= 0.6 is 0 Å². The molecule has 116 valence electrons. The van der Waals surface area contributed by atoms with E-state index in [1.54, 1.807) is 0 Å². The third-order valence-corrected chi connectivity index (χ3v) is 2.79. The highest BCUT2D eigenvalue weighted by molar-refractivity contribution is 5.79. The van der Waals surface area contributed by atoms with Crippen LogP contribution in [0.15, 0.2) is 0 Å². The Kier molecular flexibility index (Phi) is 9.41. The van der Waals surface area contributed by atoms with Crippen molar-refractivity contribution >= 4 is 17.8 Å². The standard InChI is InChI=1S/C14H26N2O4/c1-4-6-11(14(19)20)9-15-12(17)7-5-8-13(18)16-10(2)3/h10-11H,4-9H2,1-3H3,(H,15,17)(H,16,18)(H,19,20). The second-order valence-electron chi connectivity index (χ2n) is 5.20. The summed E-state index contributed by atoms with van der Waals surface area (Å²) < 4.78 is 0. The molecule has 0 radical (unpaired) electrons. The zero-order valence-electron chi connectivity index (χ0n) is 12.6. The van der Waals surface area contributed by atoms with Crippen LogP contribution in [0.5, 0.6) is 0 Å². The van der Waals surface area contributed by atoms with Gasteiger partial charge in [-0.25, -0.2) is 0 Å². The van der Waals surface area contributed by atoms with Crippen molar-refractivity contribution in [1.29, 1.82) is 0 Å². The molecule has 1 atom stereocenters. The highest BCUT2D eigenvalue weighted by Gasteiger charge is 2.17. The van der Waals surface area contributed by atoms with E-state index >= 15 is 0 Å². The Morgan fingerprint density at radius 3 is 2.20 bits per heavy atom. The van der Waals surface area contributed by atoms with Gasteiger partial charge in [0.15, 0.2) is 0 Å². The SMILES string of the molecule is CCCC(CNC(=O)CCCC(=O)NC(C)C)C(=O)O. The molecule has 0 aliphatic carbocycles. The molecule has 0 fully saturated rings. The molecule has 1 unspecified atom stereocenters. The Hall–Kier alpha value is -1.59. The monoisotopic (exact) mass is 286 g/mol. The molecule has 0 heterocycles. The fourth-order valence-electron chi connectivity index (χ4n) is 1.79. The molecule has 6 nitrogen and oxygen atoms in total. The van der Waals surface area contributed by atoms with Gasteiger partial charge >= 0.3 is 5.97 Å². The first kappa shape index (κ1) is 18.4. The molecular formula is C14H26N2O4. The highest BCUT2D eigenvalue weighted by atomic mass is 16.4. The Bertz CT molecular complexity index is 329. The summed E-state index contributed by atoms with van der Waals surface area (Å²) in [6.45, 7) is 5.82. The van der Waals surface area contributed by atoms with Gasteiger partial charge in [-0.15, -0.1) is 0 Å². The molecule has 0 aromatic carbocycles. The van der Waals surface area contributed by atoms with Crippen molar-refractivity contribution in [2.75, 3.05) is 6.54 Å². The minimum absolute atomic E-state index is 0.0674. The summed E-state index contributed by atoms with van der Waals surface area (Å²) in [7, 11) is 0. The summed E-state index contributed by atoms with van der Waals surface area (Å²) in [5.74, 6) is -1.69. The molecule has 0 aliphatic rings. The van der Waals surface area contributed by atoms with Gasteiger partial charge in [0.2, 0.25) is 11.8 Å². The van der Waals surface area contributed by atoms with Gasteiger partial charge in [0.1, 0.15) is 0 Å². The van der Waals surface area contributed by atoms with Crippen LogP contribution in [-0.4, -0.2) is 35.5 Å². The quantitative estimate of drug-likeness (QED) is 0.564. The van der Waals surface area contributed by atoms with E-state index in [1.807, 2.05) is 20.8 Å². The van der Waals surface area contributed by atoms with E-state index in [1.165, 1.54) is 0 Å². The lowest BCUT2D eigenvalue weighted by Gasteiger charge is -2.12. The normalized spacial score (nSPS) is 12.0. The molecule has 0 saturated heterocycles. The minimum Gasteiger partial charge on any atom is -0.481 e. The average Bonchev–Trinajstić information content (AvgIpc) is 2.33. The maximum Gasteiger partial charge on any atom is 0.308 e. The molecule has 6 heteroatoms. The van der Waals surface area contributed by atoms with E-state index in [0.717, 1.165) is 6.42 Å². The van der Waals surface area contributed by atoms with Crippen LogP contribution in [0, 0.1) is 5.92 Å². The number of aliphatic carboxylic acids is 1. The fraction of sp³-hybridized carbons (Fsp3) is 0.786. The topological polar surface area (TPSA) is 95.5 Å². The first-order chi connectivity index (χ1) is 9.36. The van der Waals surface area contributed by atoms with Crippen molar-refractivity contribution in [2.45, 2.75) is 58.9 Å². The van der Waals surface area contributed by atoms with Crippen molar-refractivity contribution in [3.05, 3.63) is 0 Å². The number of nitrogens with one attached hydrogen (secondary N) is 2. The lowest BCUT2D eigenvalue weighted by Crippen LogP contribution is -2.33. The molecule has 0 aliphatic heterocycles. The van der Waals surface area contributed by atoms with Gasteiger partial charge in [0.25, 0.3) is 0 Å². The molecule has 0 rings (SSSR count). The van der Waals surface area contributed by atoms with Gasteiger partial charge in [0.05, 0.1) is 5.92 Å². The zero-order valence-corrected chi connectivity index (χ0v) is 12.6. The van der Waals surface area contributed by atoms with Gasteiger partial charge in [-0.3, -0.25) is 14.4 Å². The van der Waals surface area contributed by atoms with Crippen molar-refractivity contribution in [1.82, 2.24) is 10.6 Å². The van der Waals surface area contributed by atoms with Crippen LogP contribution in [0.2, 0.25) is 0 Å². The summed E-state index contributed by atoms with van der Waals surface area (Å²) in [5, 5.41) is 14.3. The predicted octanol–water partition coefficient (Wildman–Crippen LogP) is 1.30. The largest absolute Gasteiger partial charge is 0.481 e. The first-order valence-electron chi connectivity index (χ1n) is 7.15. The van der Waals surface area contributed by atoms with Crippen LogP contribution in [0.1, 0.15) is 52.9 Å². The third-order valence-electron chi connectivity index (χ3n) is 2.79. The Labute approximate surface area is 120 Å². The smallest absolute Gasteiger partial charge is 0.308 e. The number of hydrogen-bond donors (Lipinski definition) is 3. The van der Waals surface area contributed by atoms with Gasteiger partial charge < -0.3 is 15.7 Å². The minimum atomic E-state index is -0.886. The number of carbonyl (C=O) groups excluding carboxylic acids is 2. The highest BCUT2D eigenvalue weighted by Crippen LogP contribution is 2.05. The molecule has 20 heavy (non-hydrogen) atoms. The van der Waals surface area contributed by atoms with Crippen molar-refractivity contribution in [3.63, 3.8) is 0 Å². The summed E-state index contributed by atoms with van der Waals surface area (Å²) in [5.41, 5.74) is 0. The van der Waals surface area contributed by atoms with E-state index in [4.69, 9.17) is 5.11 Å². The number of carbonyl (C=O) groups is 3. The Morgan fingerprint density at radius 1 is 1.10 bits per heavy atom. The molecule has 3 N–H and O–H groups in total. The molecule has 0 saturated carbocycles. The van der Waals surface area contributed by atoms with Gasteiger partial charge in [-0.2, -0.15) is 0 Å². The summed E-state index contributed by atoms with van der Waals surface area (Å²) >= 11 is 0. The van der Waals surface area contributed by atoms with Crippen LogP contribution in [0.4, 0.5) is 0 Å². The maximum atomic E-state index is 11.5. The number of carboxylic acid groups (broad SMARTS) is 1. The van der Waals surface area contributed by atoms with E-state index in [2.05, 4.69) is 10.6 Å². The average molecular weight is 286 g/mol. The molecule has 0 spiro atoms. The van der Waals surface area contributed by atoms with Crippen molar-refractivity contribution in [3.8, 4) is 0 Å². The van der Waals surface area contributed by atoms with Crippen LogP contribution < -0.4 is 10.6 Å². The van der Waals surface area contributed by atoms with E-state index in [-0.39, 0.29) is 30.8 Å². The number of hydrogen-bond acceptors (Lipinski definition) is 3. The van der Waals surface area contributed by atoms with Crippen LogP contribution in [-0.2, 0) is 14.4 Å². The molecule has 0 bridgehead atoms. The van der Waals surface area contributed by atoms with Gasteiger partial charge in [-0.1, -0.05) is 13.3 Å². The van der Waals surface area contributed by atoms with Crippen LogP contribution in [0.3, 0.4) is 0 Å². The zero-order chi connectivity index (χ0) is 15.5. The molecule has 0 aromatic heterocycles. The molecule has 2 amide bonds. The third kappa shape index (κ3) is 9.35. The second kappa shape index (κ2) is 10.2. The lowest BCUT2D eigenvalue weighted by molar-refractivity contribution is -0.142.